The number of nitrogens with zero attached hydrogens (tertiary/aromatic N) is 1. The van der Waals surface area contributed by atoms with E-state index in [9.17, 15) is 13.2 Å². The van der Waals surface area contributed by atoms with E-state index in [1.54, 1.807) is 59.9 Å². The Hall–Kier alpha value is -2.75. The first-order valence-electron chi connectivity index (χ1n) is 8.33. The number of hydrogen-bond acceptors (Lipinski definition) is 6. The predicted molar refractivity (Wildman–Crippen MR) is 109 cm³/mol. The summed E-state index contributed by atoms with van der Waals surface area (Å²) in [5.41, 5.74) is 2.24. The van der Waals surface area contributed by atoms with Crippen molar-refractivity contribution in [2.45, 2.75) is 19.3 Å². The molecule has 1 aromatic heterocycles. The Morgan fingerprint density at radius 3 is 2.71 bits per heavy atom. The van der Waals surface area contributed by atoms with E-state index < -0.39 is 10.0 Å². The highest BCUT2D eigenvalue weighted by Gasteiger charge is 2.10. The number of benzene rings is 2. The maximum absolute atomic E-state index is 12.5. The van der Waals surface area contributed by atoms with E-state index in [0.29, 0.717) is 29.2 Å². The van der Waals surface area contributed by atoms with Crippen LogP contribution in [-0.2, 0) is 22.4 Å². The van der Waals surface area contributed by atoms with Crippen LogP contribution in [0.2, 0.25) is 0 Å². The SMILES string of the molecule is Cc1nc(COc2cccc(C(=O)Nc3cccc(CS(N)(=O)=O)c3)c2)cs1. The molecule has 1 amide bonds. The highest BCUT2D eigenvalue weighted by molar-refractivity contribution is 7.88. The maximum Gasteiger partial charge on any atom is 0.255 e. The molecule has 1 heterocycles. The second-order valence-corrected chi connectivity index (χ2v) is 8.81. The lowest BCUT2D eigenvalue weighted by atomic mass is 10.2. The van der Waals surface area contributed by atoms with Gasteiger partial charge in [-0.1, -0.05) is 18.2 Å². The second-order valence-electron chi connectivity index (χ2n) is 6.14. The number of aryl methyl sites for hydroxylation is 1. The van der Waals surface area contributed by atoms with Gasteiger partial charge in [0.15, 0.2) is 0 Å². The minimum absolute atomic E-state index is 0.296. The summed E-state index contributed by atoms with van der Waals surface area (Å²) in [5.74, 6) is -0.0696. The zero-order chi connectivity index (χ0) is 20.1. The topological polar surface area (TPSA) is 111 Å². The number of primary sulfonamides is 1. The molecule has 0 aliphatic rings. The third-order valence-corrected chi connectivity index (χ3v) is 5.26. The molecular weight excluding hydrogens is 398 g/mol. The standard InChI is InChI=1S/C19H19N3O4S2/c1-13-21-17(11-27-13)10-26-18-7-3-5-15(9-18)19(23)22-16-6-2-4-14(8-16)12-28(20,24)25/h2-9,11H,10,12H2,1H3,(H,22,23)(H2,20,24,25). The number of thiazole rings is 1. The molecule has 0 saturated carbocycles. The molecule has 3 aromatic rings. The molecule has 0 unspecified atom stereocenters. The van der Waals surface area contributed by atoms with Crippen LogP contribution in [0, 0.1) is 6.92 Å². The molecule has 0 radical (unpaired) electrons. The minimum atomic E-state index is -3.64. The van der Waals surface area contributed by atoms with Crippen molar-refractivity contribution in [1.29, 1.82) is 0 Å². The molecule has 0 spiro atoms. The van der Waals surface area contributed by atoms with Gasteiger partial charge in [0.25, 0.3) is 5.91 Å². The fourth-order valence-electron chi connectivity index (χ4n) is 2.53. The fraction of sp³-hybridized carbons (Fsp3) is 0.158. The van der Waals surface area contributed by atoms with Crippen LogP contribution in [0.15, 0.2) is 53.9 Å². The van der Waals surface area contributed by atoms with Crippen molar-refractivity contribution in [3.8, 4) is 5.75 Å². The van der Waals surface area contributed by atoms with E-state index in [1.807, 2.05) is 12.3 Å². The normalized spacial score (nSPS) is 11.2. The van der Waals surface area contributed by atoms with Gasteiger partial charge in [-0.2, -0.15) is 0 Å². The lowest BCUT2D eigenvalue weighted by Gasteiger charge is -2.09. The first-order chi connectivity index (χ1) is 13.3. The number of anilines is 1. The molecule has 146 valence electrons. The van der Waals surface area contributed by atoms with Crippen molar-refractivity contribution >= 4 is 33.0 Å². The Morgan fingerprint density at radius 1 is 1.21 bits per heavy atom. The average molecular weight is 418 g/mol. The Bertz CT molecular complexity index is 1090. The van der Waals surface area contributed by atoms with Gasteiger partial charge in [-0.15, -0.1) is 11.3 Å². The van der Waals surface area contributed by atoms with E-state index in [0.717, 1.165) is 10.7 Å². The zero-order valence-corrected chi connectivity index (χ0v) is 16.7. The van der Waals surface area contributed by atoms with Crippen LogP contribution in [0.1, 0.15) is 26.6 Å². The van der Waals surface area contributed by atoms with Crippen molar-refractivity contribution < 1.29 is 17.9 Å². The number of nitrogens with two attached hydrogens (primary N) is 1. The Balaban J connectivity index is 1.66. The van der Waals surface area contributed by atoms with Crippen molar-refractivity contribution in [2.75, 3.05) is 5.32 Å². The van der Waals surface area contributed by atoms with Crippen LogP contribution in [0.3, 0.4) is 0 Å². The van der Waals surface area contributed by atoms with E-state index in [-0.39, 0.29) is 11.7 Å². The first kappa shape index (κ1) is 20.0. The third-order valence-electron chi connectivity index (χ3n) is 3.70. The molecule has 3 N–H and O–H groups in total. The molecule has 28 heavy (non-hydrogen) atoms. The Morgan fingerprint density at radius 2 is 2.00 bits per heavy atom. The molecule has 0 aliphatic heterocycles. The lowest BCUT2D eigenvalue weighted by Crippen LogP contribution is -2.15. The molecular formula is C19H19N3O4S2. The largest absolute Gasteiger partial charge is 0.487 e. The summed E-state index contributed by atoms with van der Waals surface area (Å²) in [5, 5.41) is 10.7. The van der Waals surface area contributed by atoms with Crippen molar-refractivity contribution in [3.05, 3.63) is 75.7 Å². The quantitative estimate of drug-likeness (QED) is 0.614. The van der Waals surface area contributed by atoms with Gasteiger partial charge in [0.05, 0.1) is 16.5 Å². The van der Waals surface area contributed by atoms with Gasteiger partial charge in [0.2, 0.25) is 10.0 Å². The monoisotopic (exact) mass is 417 g/mol. The zero-order valence-electron chi connectivity index (χ0n) is 15.1. The second kappa shape index (κ2) is 8.51. The van der Waals surface area contributed by atoms with Crippen molar-refractivity contribution in [3.63, 3.8) is 0 Å². The molecule has 2 aromatic carbocycles. The Kier molecular flexibility index (Phi) is 6.08. The first-order valence-corrected chi connectivity index (χ1v) is 10.9. The van der Waals surface area contributed by atoms with Gasteiger partial charge in [0, 0.05) is 16.6 Å². The molecule has 0 aliphatic carbocycles. The average Bonchev–Trinajstić information content (AvgIpc) is 3.04. The van der Waals surface area contributed by atoms with E-state index in [4.69, 9.17) is 9.88 Å². The number of carbonyl (C=O) groups is 1. The number of aromatic nitrogens is 1. The van der Waals surface area contributed by atoms with Crippen LogP contribution in [0.25, 0.3) is 0 Å². The van der Waals surface area contributed by atoms with Gasteiger partial charge < -0.3 is 10.1 Å². The summed E-state index contributed by atoms with van der Waals surface area (Å²) in [7, 11) is -3.64. The smallest absolute Gasteiger partial charge is 0.255 e. The molecule has 0 atom stereocenters. The third kappa shape index (κ3) is 5.88. The Labute approximate surface area is 167 Å². The molecule has 0 saturated heterocycles. The molecule has 3 rings (SSSR count). The lowest BCUT2D eigenvalue weighted by molar-refractivity contribution is 0.102. The summed E-state index contributed by atoms with van der Waals surface area (Å²) in [6.45, 7) is 2.25. The van der Waals surface area contributed by atoms with Gasteiger partial charge in [-0.3, -0.25) is 4.79 Å². The fourth-order valence-corrected chi connectivity index (χ4v) is 3.77. The van der Waals surface area contributed by atoms with Gasteiger partial charge in [-0.25, -0.2) is 18.5 Å². The summed E-state index contributed by atoms with van der Waals surface area (Å²) < 4.78 is 28.2. The van der Waals surface area contributed by atoms with Crippen molar-refractivity contribution in [1.82, 2.24) is 4.98 Å². The van der Waals surface area contributed by atoms with Crippen LogP contribution < -0.4 is 15.2 Å². The number of rotatable bonds is 7. The highest BCUT2D eigenvalue weighted by atomic mass is 32.2. The van der Waals surface area contributed by atoms with Crippen LogP contribution in [-0.4, -0.2) is 19.3 Å². The van der Waals surface area contributed by atoms with Gasteiger partial charge in [-0.05, 0) is 42.8 Å². The number of hydrogen-bond donors (Lipinski definition) is 2. The minimum Gasteiger partial charge on any atom is -0.487 e. The molecule has 9 heteroatoms. The summed E-state index contributed by atoms with van der Waals surface area (Å²) in [4.78, 5) is 16.9. The van der Waals surface area contributed by atoms with Crippen molar-refractivity contribution in [2.24, 2.45) is 5.14 Å². The number of nitrogens with one attached hydrogen (secondary N) is 1. The van der Waals surface area contributed by atoms with E-state index in [2.05, 4.69) is 10.3 Å². The molecule has 0 bridgehead atoms. The van der Waals surface area contributed by atoms with E-state index >= 15 is 0 Å². The molecule has 7 nitrogen and oxygen atoms in total. The number of carbonyl (C=O) groups excluding carboxylic acids is 1. The van der Waals surface area contributed by atoms with Gasteiger partial charge in [0.1, 0.15) is 12.4 Å². The molecule has 0 fully saturated rings. The summed E-state index contributed by atoms with van der Waals surface area (Å²) in [6, 6.07) is 13.4. The number of ether oxygens (including phenoxy) is 1. The van der Waals surface area contributed by atoms with E-state index in [1.165, 1.54) is 0 Å². The summed E-state index contributed by atoms with van der Waals surface area (Å²) in [6.07, 6.45) is 0. The van der Waals surface area contributed by atoms with Crippen LogP contribution in [0.4, 0.5) is 5.69 Å². The number of sulfonamides is 1. The maximum atomic E-state index is 12.5. The number of amides is 1. The summed E-state index contributed by atoms with van der Waals surface area (Å²) >= 11 is 1.55. The highest BCUT2D eigenvalue weighted by Crippen LogP contribution is 2.18. The van der Waals surface area contributed by atoms with Crippen LogP contribution >= 0.6 is 11.3 Å². The van der Waals surface area contributed by atoms with Crippen LogP contribution in [0.5, 0.6) is 5.75 Å². The predicted octanol–water partition coefficient (Wildman–Crippen LogP) is 3.07. The van der Waals surface area contributed by atoms with Gasteiger partial charge >= 0.3 is 0 Å².